The SMILES string of the molecule is COc1ccc(/C=C/c2nc3scc(-c4cccs4)c3c(=O)o2)cc1. The highest BCUT2D eigenvalue weighted by Gasteiger charge is 2.14. The summed E-state index contributed by atoms with van der Waals surface area (Å²) in [4.78, 5) is 18.6. The number of aromatic nitrogens is 1. The van der Waals surface area contributed by atoms with Crippen LogP contribution in [0.2, 0.25) is 0 Å². The van der Waals surface area contributed by atoms with Crippen molar-refractivity contribution in [1.82, 2.24) is 4.98 Å². The number of hydrogen-bond acceptors (Lipinski definition) is 6. The van der Waals surface area contributed by atoms with Crippen molar-refractivity contribution < 1.29 is 9.15 Å². The van der Waals surface area contributed by atoms with Crippen molar-refractivity contribution in [2.45, 2.75) is 0 Å². The Balaban J connectivity index is 1.69. The Morgan fingerprint density at radius 1 is 1.12 bits per heavy atom. The second kappa shape index (κ2) is 6.66. The van der Waals surface area contributed by atoms with Crippen LogP contribution in [0.25, 0.3) is 32.8 Å². The van der Waals surface area contributed by atoms with Crippen molar-refractivity contribution in [3.05, 3.63) is 69.0 Å². The molecule has 4 nitrogen and oxygen atoms in total. The molecule has 0 saturated heterocycles. The molecule has 3 aromatic heterocycles. The second-order valence-corrected chi connectivity index (χ2v) is 7.06. The van der Waals surface area contributed by atoms with Gasteiger partial charge in [-0.1, -0.05) is 18.2 Å². The molecule has 1 aromatic carbocycles. The predicted octanol–water partition coefficient (Wildman–Crippen LogP) is 5.16. The van der Waals surface area contributed by atoms with E-state index in [1.54, 1.807) is 24.5 Å². The number of fused-ring (bicyclic) bond motifs is 1. The molecule has 3 heterocycles. The maximum Gasteiger partial charge on any atom is 0.348 e. The maximum atomic E-state index is 12.4. The van der Waals surface area contributed by atoms with E-state index >= 15 is 0 Å². The number of hydrogen-bond donors (Lipinski definition) is 0. The molecule has 0 N–H and O–H groups in total. The molecule has 0 fully saturated rings. The summed E-state index contributed by atoms with van der Waals surface area (Å²) < 4.78 is 10.5. The van der Waals surface area contributed by atoms with Gasteiger partial charge in [-0.25, -0.2) is 9.78 Å². The molecule has 4 aromatic rings. The largest absolute Gasteiger partial charge is 0.497 e. The van der Waals surface area contributed by atoms with Crippen LogP contribution < -0.4 is 10.4 Å². The molecule has 124 valence electrons. The normalized spacial score (nSPS) is 11.4. The number of methoxy groups -OCH3 is 1. The summed E-state index contributed by atoms with van der Waals surface area (Å²) in [6.07, 6.45) is 3.55. The van der Waals surface area contributed by atoms with Crippen LogP contribution in [0.3, 0.4) is 0 Å². The Morgan fingerprint density at radius 2 is 1.96 bits per heavy atom. The van der Waals surface area contributed by atoms with E-state index in [4.69, 9.17) is 9.15 Å². The van der Waals surface area contributed by atoms with E-state index in [9.17, 15) is 4.79 Å². The third kappa shape index (κ3) is 3.14. The molecule has 0 aliphatic rings. The number of ether oxygens (including phenoxy) is 1. The van der Waals surface area contributed by atoms with Gasteiger partial charge in [0, 0.05) is 21.9 Å². The van der Waals surface area contributed by atoms with E-state index in [0.29, 0.717) is 16.1 Å². The van der Waals surface area contributed by atoms with Crippen LogP contribution in [0, 0.1) is 0 Å². The van der Waals surface area contributed by atoms with Crippen LogP contribution in [0.1, 0.15) is 11.5 Å². The molecule has 4 rings (SSSR count). The minimum atomic E-state index is -0.357. The Kier molecular flexibility index (Phi) is 4.21. The quantitative estimate of drug-likeness (QED) is 0.500. The summed E-state index contributed by atoms with van der Waals surface area (Å²) in [6.45, 7) is 0. The lowest BCUT2D eigenvalue weighted by Crippen LogP contribution is -2.01. The fourth-order valence-corrected chi connectivity index (χ4v) is 4.21. The van der Waals surface area contributed by atoms with Crippen molar-refractivity contribution >= 4 is 45.0 Å². The smallest absolute Gasteiger partial charge is 0.348 e. The van der Waals surface area contributed by atoms with Gasteiger partial charge in [0.15, 0.2) is 0 Å². The zero-order valence-electron chi connectivity index (χ0n) is 13.3. The highest BCUT2D eigenvalue weighted by Crippen LogP contribution is 2.33. The average Bonchev–Trinajstić information content (AvgIpc) is 3.29. The van der Waals surface area contributed by atoms with Gasteiger partial charge in [-0.3, -0.25) is 0 Å². The summed E-state index contributed by atoms with van der Waals surface area (Å²) >= 11 is 3.05. The van der Waals surface area contributed by atoms with Gasteiger partial charge < -0.3 is 9.15 Å². The molecule has 25 heavy (non-hydrogen) atoms. The van der Waals surface area contributed by atoms with Crippen molar-refractivity contribution in [2.75, 3.05) is 7.11 Å². The fourth-order valence-electron chi connectivity index (χ4n) is 2.46. The van der Waals surface area contributed by atoms with Crippen molar-refractivity contribution in [1.29, 1.82) is 0 Å². The summed E-state index contributed by atoms with van der Waals surface area (Å²) in [7, 11) is 1.63. The van der Waals surface area contributed by atoms with E-state index in [0.717, 1.165) is 21.8 Å². The molecule has 0 amide bonds. The average molecular weight is 367 g/mol. The van der Waals surface area contributed by atoms with Crippen LogP contribution in [-0.2, 0) is 0 Å². The van der Waals surface area contributed by atoms with E-state index < -0.39 is 0 Å². The molecule has 0 unspecified atom stereocenters. The first-order chi connectivity index (χ1) is 12.2. The fraction of sp³-hybridized carbons (Fsp3) is 0.0526. The van der Waals surface area contributed by atoms with E-state index in [-0.39, 0.29) is 5.63 Å². The predicted molar refractivity (Wildman–Crippen MR) is 103 cm³/mol. The van der Waals surface area contributed by atoms with E-state index in [1.165, 1.54) is 11.3 Å². The lowest BCUT2D eigenvalue weighted by Gasteiger charge is -1.99. The highest BCUT2D eigenvalue weighted by molar-refractivity contribution is 7.18. The topological polar surface area (TPSA) is 52.3 Å². The van der Waals surface area contributed by atoms with Gasteiger partial charge in [0.25, 0.3) is 0 Å². The van der Waals surface area contributed by atoms with Gasteiger partial charge in [0.1, 0.15) is 16.0 Å². The third-order valence-electron chi connectivity index (χ3n) is 3.71. The molecular weight excluding hydrogens is 354 g/mol. The molecule has 0 aliphatic heterocycles. The third-order valence-corrected chi connectivity index (χ3v) is 5.48. The summed E-state index contributed by atoms with van der Waals surface area (Å²) in [5, 5.41) is 4.49. The molecule has 0 atom stereocenters. The molecule has 0 bridgehead atoms. The number of nitrogens with zero attached hydrogens (tertiary/aromatic N) is 1. The molecule has 0 saturated carbocycles. The van der Waals surface area contributed by atoms with E-state index in [1.807, 2.05) is 53.2 Å². The molecule has 0 spiro atoms. The van der Waals surface area contributed by atoms with Crippen LogP contribution in [-0.4, -0.2) is 12.1 Å². The lowest BCUT2D eigenvalue weighted by atomic mass is 10.2. The zero-order valence-corrected chi connectivity index (χ0v) is 14.9. The van der Waals surface area contributed by atoms with Crippen molar-refractivity contribution in [3.8, 4) is 16.2 Å². The molecule has 0 radical (unpaired) electrons. The van der Waals surface area contributed by atoms with Crippen molar-refractivity contribution in [2.24, 2.45) is 0 Å². The standard InChI is InChI=1S/C19H13NO3S2/c1-22-13-7-4-12(5-8-13)6-9-16-20-18-17(19(21)23-16)14(11-25-18)15-3-2-10-24-15/h2-11H,1H3/b9-6+. The monoisotopic (exact) mass is 367 g/mol. The molecule has 6 heteroatoms. The zero-order chi connectivity index (χ0) is 17.2. The summed E-state index contributed by atoms with van der Waals surface area (Å²) in [5.41, 5.74) is 1.50. The minimum Gasteiger partial charge on any atom is -0.497 e. The summed E-state index contributed by atoms with van der Waals surface area (Å²) in [5.74, 6) is 1.09. The molecular formula is C19H13NO3S2. The van der Waals surface area contributed by atoms with Crippen LogP contribution in [0.5, 0.6) is 5.75 Å². The van der Waals surface area contributed by atoms with E-state index in [2.05, 4.69) is 4.98 Å². The highest BCUT2D eigenvalue weighted by atomic mass is 32.1. The summed E-state index contributed by atoms with van der Waals surface area (Å²) in [6, 6.07) is 11.5. The number of benzene rings is 1. The first kappa shape index (κ1) is 15.8. The van der Waals surface area contributed by atoms with Gasteiger partial charge in [-0.05, 0) is 35.2 Å². The van der Waals surface area contributed by atoms with Gasteiger partial charge >= 0.3 is 5.63 Å². The Hall–Kier alpha value is -2.70. The van der Waals surface area contributed by atoms with Gasteiger partial charge in [-0.15, -0.1) is 22.7 Å². The van der Waals surface area contributed by atoms with Crippen molar-refractivity contribution in [3.63, 3.8) is 0 Å². The number of rotatable bonds is 4. The minimum absolute atomic E-state index is 0.299. The Bertz CT molecular complexity index is 1090. The second-order valence-electron chi connectivity index (χ2n) is 5.25. The first-order valence-corrected chi connectivity index (χ1v) is 9.29. The van der Waals surface area contributed by atoms with Gasteiger partial charge in [0.05, 0.1) is 7.11 Å². The number of thiophene rings is 2. The Morgan fingerprint density at radius 3 is 2.68 bits per heavy atom. The van der Waals surface area contributed by atoms with Crippen LogP contribution >= 0.6 is 22.7 Å². The lowest BCUT2D eigenvalue weighted by molar-refractivity contribution is 0.415. The Labute approximate surface area is 151 Å². The van der Waals surface area contributed by atoms with Gasteiger partial charge in [-0.2, -0.15) is 0 Å². The maximum absolute atomic E-state index is 12.4. The molecule has 0 aliphatic carbocycles. The van der Waals surface area contributed by atoms with Crippen LogP contribution in [0.4, 0.5) is 0 Å². The van der Waals surface area contributed by atoms with Crippen LogP contribution in [0.15, 0.2) is 56.4 Å². The first-order valence-electron chi connectivity index (χ1n) is 7.53. The van der Waals surface area contributed by atoms with Gasteiger partial charge in [0.2, 0.25) is 5.89 Å².